The molecule has 0 aliphatic heterocycles. The van der Waals surface area contributed by atoms with Crippen molar-refractivity contribution in [1.82, 2.24) is 0 Å². The predicted molar refractivity (Wildman–Crippen MR) is 26.6 cm³/mol. The van der Waals surface area contributed by atoms with Crippen LogP contribution in [0.25, 0.3) is 0 Å². The second-order valence-electron chi connectivity index (χ2n) is 0.801. The Kier molecular flexibility index (Phi) is 8.56. The summed E-state index contributed by atoms with van der Waals surface area (Å²) in [5, 5.41) is 7.69. The van der Waals surface area contributed by atoms with Crippen molar-refractivity contribution in [1.29, 1.82) is 5.26 Å². The van der Waals surface area contributed by atoms with Crippen molar-refractivity contribution >= 4 is 35.5 Å². The molecule has 0 aromatic heterocycles. The van der Waals surface area contributed by atoms with Gasteiger partial charge in [-0.2, -0.15) is 5.26 Å². The third kappa shape index (κ3) is 10.7. The van der Waals surface area contributed by atoms with E-state index in [1.165, 1.54) is 0 Å². The van der Waals surface area contributed by atoms with Crippen molar-refractivity contribution in [2.45, 2.75) is 6.42 Å². The molecule has 1 amide bonds. The summed E-state index contributed by atoms with van der Waals surface area (Å²) >= 11 is 0. The van der Waals surface area contributed by atoms with E-state index in [2.05, 4.69) is 5.73 Å². The van der Waals surface area contributed by atoms with E-state index in [4.69, 9.17) is 5.26 Å². The number of nitrogens with zero attached hydrogens (tertiary/aromatic N) is 1. The van der Waals surface area contributed by atoms with Gasteiger partial charge in [-0.15, -0.1) is 0 Å². The van der Waals surface area contributed by atoms with E-state index in [-0.39, 0.29) is 36.0 Å². The van der Waals surface area contributed by atoms with Crippen molar-refractivity contribution in [2.24, 2.45) is 5.73 Å². The van der Waals surface area contributed by atoms with Crippen LogP contribution in [-0.2, 0) is 4.79 Å². The summed E-state index contributed by atoms with van der Waals surface area (Å²) in [7, 11) is 0. The van der Waals surface area contributed by atoms with E-state index in [0.717, 1.165) is 0 Å². The number of rotatable bonds is 1. The van der Waals surface area contributed by atoms with Crippen molar-refractivity contribution in [3.05, 3.63) is 0 Å². The van der Waals surface area contributed by atoms with Crippen molar-refractivity contribution in [3.63, 3.8) is 0 Å². The van der Waals surface area contributed by atoms with Gasteiger partial charge in [-0.1, -0.05) is 0 Å². The number of nitrogens with two attached hydrogens (primary N) is 1. The number of carbonyl (C=O) groups excluding carboxylic acids is 1. The predicted octanol–water partition coefficient (Wildman–Crippen LogP) is -1.26. The number of nitriles is 1. The van der Waals surface area contributed by atoms with Crippen LogP contribution in [0, 0.1) is 11.3 Å². The molecule has 0 saturated carbocycles. The van der Waals surface area contributed by atoms with Gasteiger partial charge in [-0.05, 0) is 0 Å². The van der Waals surface area contributed by atoms with Gasteiger partial charge in [0.2, 0.25) is 5.91 Å². The first-order valence-electron chi connectivity index (χ1n) is 1.42. The normalized spacial score (nSPS) is 5.57. The van der Waals surface area contributed by atoms with E-state index < -0.39 is 5.91 Å². The second-order valence-corrected chi connectivity index (χ2v) is 0.801. The van der Waals surface area contributed by atoms with Crippen LogP contribution in [0.5, 0.6) is 0 Å². The average molecular weight is 108 g/mol. The maximum absolute atomic E-state index is 9.60. The van der Waals surface area contributed by atoms with Gasteiger partial charge in [0.05, 0.1) is 6.07 Å². The molecule has 3 nitrogen and oxygen atoms in total. The van der Waals surface area contributed by atoms with E-state index in [0.29, 0.717) is 0 Å². The van der Waals surface area contributed by atoms with Crippen LogP contribution >= 0.6 is 0 Å². The third-order valence-corrected chi connectivity index (χ3v) is 0.253. The second kappa shape index (κ2) is 5.96. The van der Waals surface area contributed by atoms with Crippen molar-refractivity contribution in [2.75, 3.05) is 0 Å². The van der Waals surface area contributed by atoms with Gasteiger partial charge in [-0.3, -0.25) is 4.79 Å². The molecular weight excluding hydrogens is 103 g/mol. The van der Waals surface area contributed by atoms with Gasteiger partial charge >= 0.3 is 29.6 Å². The molecule has 0 atom stereocenters. The molecular formula is C3H5N2NaO. The first-order valence-corrected chi connectivity index (χ1v) is 1.42. The van der Waals surface area contributed by atoms with Crippen LogP contribution < -0.4 is 5.73 Å². The molecule has 0 aromatic rings. The molecule has 0 aliphatic carbocycles. The molecule has 0 bridgehead atoms. The fourth-order valence-electron chi connectivity index (χ4n) is 0.0779. The first-order chi connectivity index (χ1) is 2.77. The SMILES string of the molecule is N#CCC(N)=O.[NaH]. The topological polar surface area (TPSA) is 66.9 Å². The van der Waals surface area contributed by atoms with E-state index in [9.17, 15) is 4.79 Å². The Hall–Kier alpha value is -0.0400. The molecule has 2 N–H and O–H groups in total. The van der Waals surface area contributed by atoms with Crippen LogP contribution in [0.2, 0.25) is 0 Å². The molecule has 0 aromatic carbocycles. The molecule has 0 unspecified atom stereocenters. The number of hydrogen-bond donors (Lipinski definition) is 1. The van der Waals surface area contributed by atoms with E-state index in [1.807, 2.05) is 0 Å². The Bertz CT molecular complexity index is 95.6. The minimum absolute atomic E-state index is 0. The third-order valence-electron chi connectivity index (χ3n) is 0.253. The maximum atomic E-state index is 9.60. The van der Waals surface area contributed by atoms with Gasteiger partial charge in [0.1, 0.15) is 6.42 Å². The molecule has 34 valence electrons. The summed E-state index contributed by atoms with van der Waals surface area (Å²) in [6, 6.07) is 1.59. The number of hydrogen-bond acceptors (Lipinski definition) is 2. The average Bonchev–Trinajstić information content (AvgIpc) is 1.35. The van der Waals surface area contributed by atoms with Crippen molar-refractivity contribution < 1.29 is 4.79 Å². The Morgan fingerprint density at radius 3 is 2.29 bits per heavy atom. The molecule has 0 rings (SSSR count). The summed E-state index contributed by atoms with van der Waals surface area (Å²) in [4.78, 5) is 9.60. The Balaban J connectivity index is 0. The molecule has 0 aliphatic rings. The van der Waals surface area contributed by atoms with Gasteiger partial charge in [0.15, 0.2) is 0 Å². The fourth-order valence-corrected chi connectivity index (χ4v) is 0.0779. The first kappa shape index (κ1) is 10.0. The summed E-state index contributed by atoms with van der Waals surface area (Å²) in [5.74, 6) is -0.572. The molecule has 0 radical (unpaired) electrons. The van der Waals surface area contributed by atoms with Gasteiger partial charge < -0.3 is 5.73 Å². The summed E-state index contributed by atoms with van der Waals surface area (Å²) < 4.78 is 0. The summed E-state index contributed by atoms with van der Waals surface area (Å²) in [6.45, 7) is 0. The van der Waals surface area contributed by atoms with Gasteiger partial charge in [-0.25, -0.2) is 0 Å². The molecule has 0 heterocycles. The number of amides is 1. The number of primary amides is 1. The van der Waals surface area contributed by atoms with E-state index >= 15 is 0 Å². The summed E-state index contributed by atoms with van der Waals surface area (Å²) in [6.07, 6.45) is -0.181. The Morgan fingerprint density at radius 2 is 2.29 bits per heavy atom. The van der Waals surface area contributed by atoms with Crippen LogP contribution in [0.4, 0.5) is 0 Å². The van der Waals surface area contributed by atoms with Crippen LogP contribution in [0.3, 0.4) is 0 Å². The molecule has 0 spiro atoms. The number of carbonyl (C=O) groups is 1. The monoisotopic (exact) mass is 108 g/mol. The van der Waals surface area contributed by atoms with Crippen molar-refractivity contribution in [3.8, 4) is 6.07 Å². The van der Waals surface area contributed by atoms with Crippen LogP contribution in [0.15, 0.2) is 0 Å². The van der Waals surface area contributed by atoms with Gasteiger partial charge in [0.25, 0.3) is 0 Å². The standard InChI is InChI=1S/C3H4N2O.Na.H/c4-2-1-3(5)6;;/h1H2,(H2,5,6);;. The molecule has 0 saturated heterocycles. The molecule has 7 heavy (non-hydrogen) atoms. The minimum atomic E-state index is -0.572. The zero-order chi connectivity index (χ0) is 4.99. The zero-order valence-electron chi connectivity index (χ0n) is 3.14. The molecule has 0 fully saturated rings. The summed E-state index contributed by atoms with van der Waals surface area (Å²) in [5.41, 5.74) is 4.54. The fraction of sp³-hybridized carbons (Fsp3) is 0.333. The van der Waals surface area contributed by atoms with Crippen LogP contribution in [0.1, 0.15) is 6.42 Å². The van der Waals surface area contributed by atoms with Crippen LogP contribution in [-0.4, -0.2) is 35.5 Å². The molecule has 4 heteroatoms. The Labute approximate surface area is 63.8 Å². The quantitative estimate of drug-likeness (QED) is 0.426. The van der Waals surface area contributed by atoms with Gasteiger partial charge in [0, 0.05) is 0 Å². The Morgan fingerprint density at radius 1 is 1.86 bits per heavy atom. The zero-order valence-corrected chi connectivity index (χ0v) is 3.14. The van der Waals surface area contributed by atoms with E-state index in [1.54, 1.807) is 6.07 Å².